The van der Waals surface area contributed by atoms with Crippen LogP contribution >= 0.6 is 23.4 Å². The molecule has 0 aliphatic heterocycles. The molecule has 2 amide bonds. The Morgan fingerprint density at radius 3 is 2.24 bits per heavy atom. The summed E-state index contributed by atoms with van der Waals surface area (Å²) < 4.78 is 0. The van der Waals surface area contributed by atoms with E-state index >= 15 is 0 Å². The monoisotopic (exact) mass is 478 g/mol. The Morgan fingerprint density at radius 1 is 0.818 bits per heavy atom. The summed E-state index contributed by atoms with van der Waals surface area (Å²) in [7, 11) is 0. The van der Waals surface area contributed by atoms with Crippen LogP contribution in [0, 0.1) is 5.92 Å². The third kappa shape index (κ3) is 6.62. The number of hydrogen-bond acceptors (Lipinski definition) is 3. The van der Waals surface area contributed by atoms with E-state index in [1.165, 1.54) is 18.2 Å². The van der Waals surface area contributed by atoms with Crippen molar-refractivity contribution in [2.24, 2.45) is 5.92 Å². The predicted octanol–water partition coefficient (Wildman–Crippen LogP) is 7.33. The topological polar surface area (TPSA) is 58.2 Å². The SMILES string of the molecule is O=C(Nc1ccc(SC(C(=O)Nc2cccc(Cl)c2)c2ccccc2)cc1)C1CCCCC1. The van der Waals surface area contributed by atoms with Crippen molar-refractivity contribution in [3.8, 4) is 0 Å². The molecule has 3 aromatic rings. The maximum absolute atomic E-state index is 13.2. The largest absolute Gasteiger partial charge is 0.326 e. The molecule has 4 rings (SSSR count). The lowest BCUT2D eigenvalue weighted by molar-refractivity contribution is -0.120. The fourth-order valence-electron chi connectivity index (χ4n) is 4.04. The zero-order valence-corrected chi connectivity index (χ0v) is 19.9. The number of hydrogen-bond donors (Lipinski definition) is 2. The maximum atomic E-state index is 13.2. The predicted molar refractivity (Wildman–Crippen MR) is 137 cm³/mol. The Balaban J connectivity index is 1.45. The van der Waals surface area contributed by atoms with Crippen molar-refractivity contribution in [1.29, 1.82) is 0 Å². The maximum Gasteiger partial charge on any atom is 0.242 e. The van der Waals surface area contributed by atoms with Crippen LogP contribution in [0.3, 0.4) is 0 Å². The second-order valence-electron chi connectivity index (χ2n) is 8.26. The summed E-state index contributed by atoms with van der Waals surface area (Å²) in [6, 6.07) is 24.5. The van der Waals surface area contributed by atoms with Gasteiger partial charge in [0.25, 0.3) is 0 Å². The molecule has 0 aromatic heterocycles. The second-order valence-corrected chi connectivity index (χ2v) is 9.87. The van der Waals surface area contributed by atoms with Gasteiger partial charge in [-0.25, -0.2) is 0 Å². The number of nitrogens with one attached hydrogen (secondary N) is 2. The van der Waals surface area contributed by atoms with E-state index in [-0.39, 0.29) is 17.7 Å². The lowest BCUT2D eigenvalue weighted by Gasteiger charge is -2.21. The third-order valence-corrected chi connectivity index (χ3v) is 7.29. The minimum absolute atomic E-state index is 0.109. The molecule has 6 heteroatoms. The fraction of sp³-hybridized carbons (Fsp3) is 0.259. The first kappa shape index (κ1) is 23.4. The van der Waals surface area contributed by atoms with Crippen LogP contribution in [0.5, 0.6) is 0 Å². The fourth-order valence-corrected chi connectivity index (χ4v) is 5.25. The molecule has 170 valence electrons. The molecule has 33 heavy (non-hydrogen) atoms. The highest BCUT2D eigenvalue weighted by atomic mass is 35.5. The summed E-state index contributed by atoms with van der Waals surface area (Å²) in [5.74, 6) is 0.103. The van der Waals surface area contributed by atoms with Crippen LogP contribution in [0.4, 0.5) is 11.4 Å². The van der Waals surface area contributed by atoms with Crippen molar-refractivity contribution < 1.29 is 9.59 Å². The molecule has 2 N–H and O–H groups in total. The van der Waals surface area contributed by atoms with Gasteiger partial charge in [0.15, 0.2) is 0 Å². The molecule has 0 radical (unpaired) electrons. The molecule has 1 fully saturated rings. The highest BCUT2D eigenvalue weighted by Crippen LogP contribution is 2.37. The normalized spacial score (nSPS) is 14.9. The Kier molecular flexibility index (Phi) is 8.08. The van der Waals surface area contributed by atoms with Crippen molar-refractivity contribution in [3.63, 3.8) is 0 Å². The van der Waals surface area contributed by atoms with E-state index in [1.807, 2.05) is 66.7 Å². The van der Waals surface area contributed by atoms with Crippen molar-refractivity contribution in [2.75, 3.05) is 10.6 Å². The number of thioether (sulfide) groups is 1. The first-order chi connectivity index (χ1) is 16.1. The number of benzene rings is 3. The number of carbonyl (C=O) groups is 2. The minimum Gasteiger partial charge on any atom is -0.326 e. The lowest BCUT2D eigenvalue weighted by Crippen LogP contribution is -2.24. The van der Waals surface area contributed by atoms with E-state index < -0.39 is 5.25 Å². The smallest absolute Gasteiger partial charge is 0.242 e. The zero-order valence-electron chi connectivity index (χ0n) is 18.3. The molecule has 1 unspecified atom stereocenters. The summed E-state index contributed by atoms with van der Waals surface area (Å²) >= 11 is 7.54. The number of carbonyl (C=O) groups excluding carboxylic acids is 2. The minimum atomic E-state index is -0.437. The lowest BCUT2D eigenvalue weighted by atomic mass is 9.88. The summed E-state index contributed by atoms with van der Waals surface area (Å²) in [5, 5.41) is 6.15. The molecule has 0 saturated heterocycles. The molecular weight excluding hydrogens is 452 g/mol. The van der Waals surface area contributed by atoms with E-state index in [4.69, 9.17) is 11.6 Å². The van der Waals surface area contributed by atoms with Crippen LogP contribution in [0.25, 0.3) is 0 Å². The average Bonchev–Trinajstić information content (AvgIpc) is 2.84. The first-order valence-electron chi connectivity index (χ1n) is 11.3. The summed E-state index contributed by atoms with van der Waals surface area (Å²) in [6.07, 6.45) is 5.43. The van der Waals surface area contributed by atoms with Crippen LogP contribution in [0.15, 0.2) is 83.8 Å². The molecule has 1 aliphatic carbocycles. The van der Waals surface area contributed by atoms with Gasteiger partial charge in [0.2, 0.25) is 11.8 Å². The van der Waals surface area contributed by atoms with E-state index in [1.54, 1.807) is 12.1 Å². The number of halogens is 1. The van der Waals surface area contributed by atoms with Crippen LogP contribution < -0.4 is 10.6 Å². The average molecular weight is 479 g/mol. The van der Waals surface area contributed by atoms with Gasteiger partial charge in [-0.05, 0) is 60.9 Å². The van der Waals surface area contributed by atoms with Crippen LogP contribution in [0.2, 0.25) is 5.02 Å². The molecule has 1 aliphatic rings. The zero-order chi connectivity index (χ0) is 23.0. The highest BCUT2D eigenvalue weighted by molar-refractivity contribution is 8.00. The number of amides is 2. The molecule has 0 heterocycles. The number of anilines is 2. The Labute approximate surface area is 204 Å². The van der Waals surface area contributed by atoms with E-state index in [9.17, 15) is 9.59 Å². The van der Waals surface area contributed by atoms with Gasteiger partial charge in [0.1, 0.15) is 5.25 Å². The van der Waals surface area contributed by atoms with Gasteiger partial charge in [-0.15, -0.1) is 11.8 Å². The summed E-state index contributed by atoms with van der Waals surface area (Å²) in [5.41, 5.74) is 2.36. The molecule has 1 saturated carbocycles. The molecule has 4 nitrogen and oxygen atoms in total. The van der Waals surface area contributed by atoms with Crippen LogP contribution in [-0.4, -0.2) is 11.8 Å². The highest BCUT2D eigenvalue weighted by Gasteiger charge is 2.23. The van der Waals surface area contributed by atoms with E-state index in [0.717, 1.165) is 41.8 Å². The Hall–Kier alpha value is -2.76. The van der Waals surface area contributed by atoms with Gasteiger partial charge < -0.3 is 10.6 Å². The molecular formula is C27H27ClN2O2S. The van der Waals surface area contributed by atoms with Crippen molar-refractivity contribution >= 4 is 46.6 Å². The van der Waals surface area contributed by atoms with Crippen molar-refractivity contribution in [1.82, 2.24) is 0 Å². The first-order valence-corrected chi connectivity index (χ1v) is 12.5. The molecule has 0 bridgehead atoms. The van der Waals surface area contributed by atoms with E-state index in [0.29, 0.717) is 10.7 Å². The van der Waals surface area contributed by atoms with Crippen molar-refractivity contribution in [2.45, 2.75) is 42.2 Å². The summed E-state index contributed by atoms with van der Waals surface area (Å²) in [6.45, 7) is 0. The standard InChI is InChI=1S/C27H27ClN2O2S/c28-21-12-7-13-23(18-21)30-27(32)25(19-8-3-1-4-9-19)33-24-16-14-22(15-17-24)29-26(31)20-10-5-2-6-11-20/h1,3-4,7-9,12-18,20,25H,2,5-6,10-11H2,(H,29,31)(H,30,32). The number of rotatable bonds is 7. The van der Waals surface area contributed by atoms with Gasteiger partial charge in [-0.2, -0.15) is 0 Å². The van der Waals surface area contributed by atoms with Crippen LogP contribution in [-0.2, 0) is 9.59 Å². The molecule has 0 spiro atoms. The quantitative estimate of drug-likeness (QED) is 0.349. The van der Waals surface area contributed by atoms with Gasteiger partial charge >= 0.3 is 0 Å². The van der Waals surface area contributed by atoms with Crippen molar-refractivity contribution in [3.05, 3.63) is 89.4 Å². The second kappa shape index (κ2) is 11.4. The van der Waals surface area contributed by atoms with Gasteiger partial charge in [-0.1, -0.05) is 67.3 Å². The Bertz CT molecular complexity index is 1080. The van der Waals surface area contributed by atoms with Crippen LogP contribution in [0.1, 0.15) is 42.9 Å². The molecule has 1 atom stereocenters. The van der Waals surface area contributed by atoms with Gasteiger partial charge in [-0.3, -0.25) is 9.59 Å². The van der Waals surface area contributed by atoms with Gasteiger partial charge in [0, 0.05) is 27.2 Å². The van der Waals surface area contributed by atoms with Gasteiger partial charge in [0.05, 0.1) is 0 Å². The molecule has 3 aromatic carbocycles. The Morgan fingerprint density at radius 2 is 1.55 bits per heavy atom. The van der Waals surface area contributed by atoms with E-state index in [2.05, 4.69) is 10.6 Å². The third-order valence-electron chi connectivity index (χ3n) is 5.78. The summed E-state index contributed by atoms with van der Waals surface area (Å²) in [4.78, 5) is 26.7.